The molecular formula is C16H22N2O2S. The lowest BCUT2D eigenvalue weighted by Gasteiger charge is -2.42. The summed E-state index contributed by atoms with van der Waals surface area (Å²) in [5.74, 6) is 5.52. The zero-order valence-corrected chi connectivity index (χ0v) is 13.7. The fraction of sp³-hybridized carbons (Fsp3) is 0.562. The van der Waals surface area contributed by atoms with E-state index in [-0.39, 0.29) is 18.1 Å². The molecule has 1 aromatic rings. The second-order valence-corrected chi connectivity index (χ2v) is 7.02. The van der Waals surface area contributed by atoms with Crippen molar-refractivity contribution >= 4 is 17.2 Å². The maximum Gasteiger partial charge on any atom is 0.254 e. The first-order valence-electron chi connectivity index (χ1n) is 7.14. The number of piperazine rings is 1. The zero-order chi connectivity index (χ0) is 15.5. The van der Waals surface area contributed by atoms with Gasteiger partial charge in [-0.25, -0.2) is 0 Å². The first-order valence-corrected chi connectivity index (χ1v) is 8.02. The summed E-state index contributed by atoms with van der Waals surface area (Å²) in [6.45, 7) is 9.82. The molecule has 5 heteroatoms. The van der Waals surface area contributed by atoms with E-state index in [2.05, 4.69) is 37.5 Å². The Labute approximate surface area is 130 Å². The smallest absolute Gasteiger partial charge is 0.254 e. The van der Waals surface area contributed by atoms with Gasteiger partial charge in [-0.05, 0) is 26.8 Å². The summed E-state index contributed by atoms with van der Waals surface area (Å²) in [5, 5.41) is 10.5. The van der Waals surface area contributed by atoms with Gasteiger partial charge in [-0.2, -0.15) is 0 Å². The van der Waals surface area contributed by atoms with Crippen LogP contribution in [0.15, 0.2) is 11.4 Å². The van der Waals surface area contributed by atoms with E-state index in [1.54, 1.807) is 0 Å². The van der Waals surface area contributed by atoms with Crippen LogP contribution in [-0.2, 0) is 0 Å². The molecule has 1 aliphatic heterocycles. The van der Waals surface area contributed by atoms with Crippen molar-refractivity contribution in [2.75, 3.05) is 32.8 Å². The van der Waals surface area contributed by atoms with Crippen molar-refractivity contribution in [3.05, 3.63) is 21.9 Å². The number of hydrogen-bond donors (Lipinski definition) is 1. The molecule has 0 unspecified atom stereocenters. The first kappa shape index (κ1) is 16.0. The molecule has 0 spiro atoms. The molecule has 0 bridgehead atoms. The Morgan fingerprint density at radius 2 is 2.00 bits per heavy atom. The van der Waals surface area contributed by atoms with Gasteiger partial charge in [-0.15, -0.1) is 11.3 Å². The number of carbonyl (C=O) groups is 1. The summed E-state index contributed by atoms with van der Waals surface area (Å²) in [4.78, 5) is 17.6. The molecular weight excluding hydrogens is 284 g/mol. The molecule has 2 heterocycles. The second kappa shape index (κ2) is 6.61. The van der Waals surface area contributed by atoms with Crippen molar-refractivity contribution in [2.24, 2.45) is 0 Å². The summed E-state index contributed by atoms with van der Waals surface area (Å²) < 4.78 is 0. The molecule has 114 valence electrons. The molecule has 4 nitrogen and oxygen atoms in total. The van der Waals surface area contributed by atoms with Crippen molar-refractivity contribution in [1.29, 1.82) is 0 Å². The fourth-order valence-electron chi connectivity index (χ4n) is 2.40. The third kappa shape index (κ3) is 4.07. The van der Waals surface area contributed by atoms with Crippen molar-refractivity contribution in [3.63, 3.8) is 0 Å². The van der Waals surface area contributed by atoms with Crippen LogP contribution in [0.4, 0.5) is 0 Å². The Kier molecular flexibility index (Phi) is 5.04. The molecule has 1 aromatic heterocycles. The summed E-state index contributed by atoms with van der Waals surface area (Å²) in [7, 11) is 0. The Hall–Kier alpha value is -1.35. The number of rotatable bonds is 1. The second-order valence-electron chi connectivity index (χ2n) is 6.11. The highest BCUT2D eigenvalue weighted by Crippen LogP contribution is 2.19. The Balaban J connectivity index is 1.97. The monoisotopic (exact) mass is 306 g/mol. The highest BCUT2D eigenvalue weighted by Gasteiger charge is 2.28. The molecule has 0 aromatic carbocycles. The van der Waals surface area contributed by atoms with Gasteiger partial charge in [0.25, 0.3) is 5.91 Å². The number of nitrogens with zero attached hydrogens (tertiary/aromatic N) is 2. The highest BCUT2D eigenvalue weighted by molar-refractivity contribution is 7.10. The third-order valence-corrected chi connectivity index (χ3v) is 4.50. The van der Waals surface area contributed by atoms with Gasteiger partial charge < -0.3 is 10.0 Å². The van der Waals surface area contributed by atoms with Crippen molar-refractivity contribution < 1.29 is 9.90 Å². The SMILES string of the molecule is CC(C)(C)N1CCN(C(=O)c2csc(C#CCO)c2)CC1. The van der Waals surface area contributed by atoms with E-state index in [1.165, 1.54) is 11.3 Å². The van der Waals surface area contributed by atoms with Crippen molar-refractivity contribution in [1.82, 2.24) is 9.80 Å². The number of aliphatic hydroxyl groups excluding tert-OH is 1. The molecule has 1 saturated heterocycles. The van der Waals surface area contributed by atoms with Crippen LogP contribution in [0.2, 0.25) is 0 Å². The topological polar surface area (TPSA) is 43.8 Å². The molecule has 1 amide bonds. The summed E-state index contributed by atoms with van der Waals surface area (Å²) in [5.41, 5.74) is 0.858. The largest absolute Gasteiger partial charge is 0.384 e. The number of hydrogen-bond acceptors (Lipinski definition) is 4. The van der Waals surface area contributed by atoms with Gasteiger partial charge in [0, 0.05) is 37.1 Å². The summed E-state index contributed by atoms with van der Waals surface area (Å²) in [6.07, 6.45) is 0. The standard InChI is InChI=1S/C16H22N2O2S/c1-16(2,3)18-8-6-17(7-9-18)15(20)13-11-14(21-12-13)5-4-10-19/h11-12,19H,6-10H2,1-3H3. The molecule has 0 saturated carbocycles. The van der Waals surface area contributed by atoms with E-state index in [0.717, 1.165) is 31.1 Å². The van der Waals surface area contributed by atoms with Gasteiger partial charge >= 0.3 is 0 Å². The van der Waals surface area contributed by atoms with Gasteiger partial charge in [0.2, 0.25) is 0 Å². The van der Waals surface area contributed by atoms with E-state index in [0.29, 0.717) is 5.56 Å². The first-order chi connectivity index (χ1) is 9.91. The Morgan fingerprint density at radius 3 is 2.57 bits per heavy atom. The van der Waals surface area contributed by atoms with E-state index in [1.807, 2.05) is 16.3 Å². The van der Waals surface area contributed by atoms with E-state index in [9.17, 15) is 4.79 Å². The van der Waals surface area contributed by atoms with E-state index >= 15 is 0 Å². The number of amides is 1. The van der Waals surface area contributed by atoms with Gasteiger partial charge in [-0.3, -0.25) is 9.69 Å². The average Bonchev–Trinajstić information content (AvgIpc) is 2.92. The van der Waals surface area contributed by atoms with E-state index in [4.69, 9.17) is 5.11 Å². The van der Waals surface area contributed by atoms with Crippen LogP contribution in [-0.4, -0.2) is 59.1 Å². The predicted molar refractivity (Wildman–Crippen MR) is 85.5 cm³/mol. The molecule has 1 aliphatic rings. The van der Waals surface area contributed by atoms with Crippen LogP contribution in [0.3, 0.4) is 0 Å². The van der Waals surface area contributed by atoms with Crippen LogP contribution in [0.1, 0.15) is 36.0 Å². The molecule has 0 radical (unpaired) electrons. The van der Waals surface area contributed by atoms with Gasteiger partial charge in [0.05, 0.1) is 10.4 Å². The normalized spacial score (nSPS) is 16.5. The Morgan fingerprint density at radius 1 is 1.33 bits per heavy atom. The molecule has 0 aliphatic carbocycles. The van der Waals surface area contributed by atoms with Crippen LogP contribution in [0.5, 0.6) is 0 Å². The van der Waals surface area contributed by atoms with Gasteiger partial charge in [0.15, 0.2) is 0 Å². The lowest BCUT2D eigenvalue weighted by molar-refractivity contribution is 0.0451. The predicted octanol–water partition coefficient (Wildman–Crippen LogP) is 1.65. The number of carbonyl (C=O) groups excluding carboxylic acids is 1. The van der Waals surface area contributed by atoms with Gasteiger partial charge in [0.1, 0.15) is 6.61 Å². The summed E-state index contributed by atoms with van der Waals surface area (Å²) >= 11 is 1.44. The minimum Gasteiger partial charge on any atom is -0.384 e. The maximum atomic E-state index is 12.5. The molecule has 1 fully saturated rings. The van der Waals surface area contributed by atoms with Crippen LogP contribution in [0.25, 0.3) is 0 Å². The van der Waals surface area contributed by atoms with Crippen molar-refractivity contribution in [2.45, 2.75) is 26.3 Å². The van der Waals surface area contributed by atoms with Crippen LogP contribution in [0, 0.1) is 11.8 Å². The highest BCUT2D eigenvalue weighted by atomic mass is 32.1. The molecule has 1 N–H and O–H groups in total. The van der Waals surface area contributed by atoms with Crippen molar-refractivity contribution in [3.8, 4) is 11.8 Å². The minimum atomic E-state index is -0.157. The van der Waals surface area contributed by atoms with Gasteiger partial charge in [-0.1, -0.05) is 11.8 Å². The maximum absolute atomic E-state index is 12.5. The van der Waals surface area contributed by atoms with E-state index < -0.39 is 0 Å². The Bertz CT molecular complexity index is 555. The fourth-order valence-corrected chi connectivity index (χ4v) is 3.15. The molecule has 2 rings (SSSR count). The quantitative estimate of drug-likeness (QED) is 0.802. The molecule has 21 heavy (non-hydrogen) atoms. The average molecular weight is 306 g/mol. The van der Waals surface area contributed by atoms with Crippen LogP contribution < -0.4 is 0 Å². The zero-order valence-electron chi connectivity index (χ0n) is 12.8. The minimum absolute atomic E-state index is 0.0804. The lowest BCUT2D eigenvalue weighted by atomic mass is 10.0. The van der Waals surface area contributed by atoms with Crippen LogP contribution >= 0.6 is 11.3 Å². The number of thiophene rings is 1. The lowest BCUT2D eigenvalue weighted by Crippen LogP contribution is -2.54. The third-order valence-electron chi connectivity index (χ3n) is 3.65. The summed E-state index contributed by atoms with van der Waals surface area (Å²) in [6, 6.07) is 1.81. The molecule has 0 atom stereocenters. The number of aliphatic hydroxyl groups is 1.